The molecular formula is C49H40O5. The van der Waals surface area contributed by atoms with Crippen molar-refractivity contribution < 1.29 is 24.1 Å². The molecule has 1 N–H and O–H groups in total. The van der Waals surface area contributed by atoms with Crippen LogP contribution in [0.15, 0.2) is 176 Å². The smallest absolute Gasteiger partial charge is 0.208 e. The summed E-state index contributed by atoms with van der Waals surface area (Å²) < 4.78 is 27.1. The van der Waals surface area contributed by atoms with Gasteiger partial charge in [-0.1, -0.05) is 158 Å². The third-order valence-electron chi connectivity index (χ3n) is 9.51. The fourth-order valence-corrected chi connectivity index (χ4v) is 6.79. The van der Waals surface area contributed by atoms with Gasteiger partial charge in [0.05, 0.1) is 0 Å². The van der Waals surface area contributed by atoms with Gasteiger partial charge in [0, 0.05) is 17.4 Å². The van der Waals surface area contributed by atoms with Gasteiger partial charge in [-0.2, -0.15) is 0 Å². The molecule has 54 heavy (non-hydrogen) atoms. The molecule has 0 heterocycles. The SMILES string of the molecule is Oc1cccc2c(Cc3cc(OCc4ccccc4)c(OCc4ccccc4)c(OCc4ccccc4)c3OCc3ccccc3)c3ccccc3cc12. The van der Waals surface area contributed by atoms with Crippen LogP contribution in [0.3, 0.4) is 0 Å². The molecule has 266 valence electrons. The largest absolute Gasteiger partial charge is 0.507 e. The number of hydrogen-bond donors (Lipinski definition) is 1. The molecule has 0 saturated heterocycles. The normalized spacial score (nSPS) is 11.0. The van der Waals surface area contributed by atoms with Crippen molar-refractivity contribution in [3.63, 3.8) is 0 Å². The van der Waals surface area contributed by atoms with Crippen LogP contribution in [0.5, 0.6) is 28.7 Å². The zero-order chi connectivity index (χ0) is 36.5. The number of fused-ring (bicyclic) bond motifs is 2. The maximum atomic E-state index is 11.0. The molecule has 0 radical (unpaired) electrons. The van der Waals surface area contributed by atoms with Crippen LogP contribution in [0.1, 0.15) is 33.4 Å². The molecular weight excluding hydrogens is 669 g/mol. The first-order valence-corrected chi connectivity index (χ1v) is 18.2. The molecule has 0 atom stereocenters. The Morgan fingerprint density at radius 1 is 0.370 bits per heavy atom. The Balaban J connectivity index is 1.33. The number of benzene rings is 8. The van der Waals surface area contributed by atoms with Crippen LogP contribution in [-0.4, -0.2) is 5.11 Å². The molecule has 0 aromatic heterocycles. The van der Waals surface area contributed by atoms with Crippen molar-refractivity contribution in [1.29, 1.82) is 0 Å². The van der Waals surface area contributed by atoms with E-state index in [9.17, 15) is 5.11 Å². The van der Waals surface area contributed by atoms with E-state index in [-0.39, 0.29) is 12.4 Å². The molecule has 0 unspecified atom stereocenters. The molecule has 0 aliphatic rings. The summed E-state index contributed by atoms with van der Waals surface area (Å²) in [5, 5.41) is 14.9. The summed E-state index contributed by atoms with van der Waals surface area (Å²) in [5.41, 5.74) is 6.00. The molecule has 0 fully saturated rings. The molecule has 0 saturated carbocycles. The lowest BCUT2D eigenvalue weighted by Gasteiger charge is -2.24. The number of rotatable bonds is 14. The summed E-state index contributed by atoms with van der Waals surface area (Å²) in [6, 6.07) is 58.5. The standard InChI is InChI=1S/C49H40O5/c50-45-27-15-26-42-43(41-25-14-13-24-39(41)28-44(42)45)29-40-30-46(51-31-35-16-5-1-6-17-35)48(53-33-37-20-9-3-10-21-37)49(54-34-38-22-11-4-12-23-38)47(40)52-32-36-18-7-2-8-19-36/h1-28,30,50H,29,31-34H2. The Labute approximate surface area is 315 Å². The zero-order valence-corrected chi connectivity index (χ0v) is 29.9. The fourth-order valence-electron chi connectivity index (χ4n) is 6.79. The number of aromatic hydroxyl groups is 1. The molecule has 0 spiro atoms. The van der Waals surface area contributed by atoms with Crippen LogP contribution in [0.25, 0.3) is 21.5 Å². The average molecular weight is 709 g/mol. The van der Waals surface area contributed by atoms with Crippen LogP contribution in [-0.2, 0) is 32.8 Å². The maximum absolute atomic E-state index is 11.0. The lowest BCUT2D eigenvalue weighted by Crippen LogP contribution is -2.09. The zero-order valence-electron chi connectivity index (χ0n) is 29.9. The summed E-state index contributed by atoms with van der Waals surface area (Å²) in [6.45, 7) is 1.23. The van der Waals surface area contributed by atoms with E-state index in [0.29, 0.717) is 49.2 Å². The second kappa shape index (κ2) is 16.3. The number of phenols is 1. The minimum Gasteiger partial charge on any atom is -0.507 e. The van der Waals surface area contributed by atoms with Crippen molar-refractivity contribution in [3.05, 3.63) is 209 Å². The first-order valence-electron chi connectivity index (χ1n) is 18.2. The van der Waals surface area contributed by atoms with Crippen molar-refractivity contribution >= 4 is 21.5 Å². The van der Waals surface area contributed by atoms with Crippen molar-refractivity contribution in [3.8, 4) is 28.7 Å². The number of hydrogen-bond acceptors (Lipinski definition) is 5. The van der Waals surface area contributed by atoms with Gasteiger partial charge >= 0.3 is 0 Å². The number of phenolic OH excluding ortho intramolecular Hbond substituents is 1. The Morgan fingerprint density at radius 3 is 1.41 bits per heavy atom. The van der Waals surface area contributed by atoms with Gasteiger partial charge < -0.3 is 24.1 Å². The van der Waals surface area contributed by atoms with E-state index < -0.39 is 0 Å². The first kappa shape index (κ1) is 34.4. The predicted octanol–water partition coefficient (Wildman–Crippen LogP) is 11.6. The second-order valence-electron chi connectivity index (χ2n) is 13.2. The highest BCUT2D eigenvalue weighted by molar-refractivity contribution is 6.04. The Kier molecular flexibility index (Phi) is 10.4. The van der Waals surface area contributed by atoms with Gasteiger partial charge in [0.15, 0.2) is 11.5 Å². The Bertz CT molecular complexity index is 2470. The van der Waals surface area contributed by atoms with Gasteiger partial charge in [-0.25, -0.2) is 0 Å². The van der Waals surface area contributed by atoms with Crippen LogP contribution in [0.4, 0.5) is 0 Å². The summed E-state index contributed by atoms with van der Waals surface area (Å²) >= 11 is 0. The molecule has 0 bridgehead atoms. The summed E-state index contributed by atoms with van der Waals surface area (Å²) in [4.78, 5) is 0. The van der Waals surface area contributed by atoms with Crippen molar-refractivity contribution in [1.82, 2.24) is 0 Å². The van der Waals surface area contributed by atoms with Crippen molar-refractivity contribution in [2.75, 3.05) is 0 Å². The molecule has 8 aromatic carbocycles. The van der Waals surface area contributed by atoms with Crippen LogP contribution in [0, 0.1) is 0 Å². The minimum absolute atomic E-state index is 0.239. The van der Waals surface area contributed by atoms with E-state index in [2.05, 4.69) is 42.5 Å². The highest BCUT2D eigenvalue weighted by Gasteiger charge is 2.26. The van der Waals surface area contributed by atoms with E-state index in [1.165, 1.54) is 0 Å². The van der Waals surface area contributed by atoms with Gasteiger partial charge in [-0.3, -0.25) is 0 Å². The Morgan fingerprint density at radius 2 is 0.833 bits per heavy atom. The third-order valence-corrected chi connectivity index (χ3v) is 9.51. The van der Waals surface area contributed by atoms with Gasteiger partial charge in [0.25, 0.3) is 0 Å². The molecule has 0 aliphatic heterocycles. The molecule has 5 heteroatoms. The van der Waals surface area contributed by atoms with Crippen LogP contribution in [0.2, 0.25) is 0 Å². The lowest BCUT2D eigenvalue weighted by atomic mass is 9.91. The van der Waals surface area contributed by atoms with Gasteiger partial charge in [0.2, 0.25) is 11.5 Å². The van der Waals surface area contributed by atoms with Crippen LogP contribution < -0.4 is 18.9 Å². The summed E-state index contributed by atoms with van der Waals surface area (Å²) in [7, 11) is 0. The first-order chi connectivity index (χ1) is 26.7. The number of ether oxygens (including phenoxy) is 4. The highest BCUT2D eigenvalue weighted by Crippen LogP contribution is 2.50. The van der Waals surface area contributed by atoms with Gasteiger partial charge in [0.1, 0.15) is 32.2 Å². The molecule has 5 nitrogen and oxygen atoms in total. The van der Waals surface area contributed by atoms with Gasteiger partial charge in [-0.15, -0.1) is 0 Å². The van der Waals surface area contributed by atoms with E-state index in [4.69, 9.17) is 18.9 Å². The second-order valence-corrected chi connectivity index (χ2v) is 13.2. The molecule has 0 aliphatic carbocycles. The molecule has 8 aromatic rings. The highest BCUT2D eigenvalue weighted by atomic mass is 16.6. The van der Waals surface area contributed by atoms with Crippen molar-refractivity contribution in [2.45, 2.75) is 32.8 Å². The minimum atomic E-state index is 0.239. The monoisotopic (exact) mass is 708 g/mol. The fraction of sp³-hybridized carbons (Fsp3) is 0.102. The third kappa shape index (κ3) is 7.86. The topological polar surface area (TPSA) is 57.2 Å². The van der Waals surface area contributed by atoms with Gasteiger partial charge in [-0.05, 0) is 62.2 Å². The maximum Gasteiger partial charge on any atom is 0.208 e. The molecule has 8 rings (SSSR count). The van der Waals surface area contributed by atoms with Crippen LogP contribution >= 0.6 is 0 Å². The quantitative estimate of drug-likeness (QED) is 0.114. The summed E-state index contributed by atoms with van der Waals surface area (Å²) in [5.74, 6) is 2.30. The van der Waals surface area contributed by atoms with E-state index >= 15 is 0 Å². The molecule has 0 amide bonds. The van der Waals surface area contributed by atoms with Crippen molar-refractivity contribution in [2.24, 2.45) is 0 Å². The lowest BCUT2D eigenvalue weighted by molar-refractivity contribution is 0.213. The average Bonchev–Trinajstić information content (AvgIpc) is 3.23. The predicted molar refractivity (Wildman–Crippen MR) is 215 cm³/mol. The van der Waals surface area contributed by atoms with E-state index in [1.807, 2.05) is 127 Å². The summed E-state index contributed by atoms with van der Waals surface area (Å²) in [6.07, 6.45) is 0.466. The van der Waals surface area contributed by atoms with E-state index in [1.54, 1.807) is 6.07 Å². The Hall–Kier alpha value is -6.72. The van der Waals surface area contributed by atoms with E-state index in [0.717, 1.165) is 54.9 Å².